The lowest BCUT2D eigenvalue weighted by Crippen LogP contribution is -2.43. The molecule has 1 aliphatic heterocycles. The van der Waals surface area contributed by atoms with Gasteiger partial charge in [-0.05, 0) is 39.3 Å². The van der Waals surface area contributed by atoms with E-state index in [-0.39, 0.29) is 0 Å². The van der Waals surface area contributed by atoms with Crippen LogP contribution in [0.4, 0.5) is 0 Å². The predicted octanol–water partition coefficient (Wildman–Crippen LogP) is 0.635. The van der Waals surface area contributed by atoms with Gasteiger partial charge in [-0.15, -0.1) is 0 Å². The fraction of sp³-hybridized carbons (Fsp3) is 0.833. The highest BCUT2D eigenvalue weighted by atomic mass is 15.3. The van der Waals surface area contributed by atoms with Crippen LogP contribution in [0.2, 0.25) is 0 Å². The first-order chi connectivity index (χ1) is 8.20. The number of hydrogen-bond acceptors (Lipinski definition) is 4. The normalized spacial score (nSPS) is 23.8. The Kier molecular flexibility index (Phi) is 4.12. The van der Waals surface area contributed by atoms with Gasteiger partial charge in [0.25, 0.3) is 0 Å². The van der Waals surface area contributed by atoms with E-state index >= 15 is 0 Å². The summed E-state index contributed by atoms with van der Waals surface area (Å²) in [4.78, 5) is 6.79. The summed E-state index contributed by atoms with van der Waals surface area (Å²) in [5.74, 6) is 1.81. The van der Waals surface area contributed by atoms with Crippen LogP contribution in [0.5, 0.6) is 0 Å². The number of nitrogens with zero attached hydrogens (tertiary/aromatic N) is 4. The molecule has 5 heteroatoms. The summed E-state index contributed by atoms with van der Waals surface area (Å²) in [7, 11) is 4.01. The molecular weight excluding hydrogens is 214 g/mol. The lowest BCUT2D eigenvalue weighted by Gasteiger charge is -2.35. The van der Waals surface area contributed by atoms with E-state index in [1.807, 2.05) is 18.8 Å². The van der Waals surface area contributed by atoms with Crippen molar-refractivity contribution in [3.8, 4) is 0 Å². The third-order valence-corrected chi connectivity index (χ3v) is 3.87. The Balaban J connectivity index is 1.91. The number of aryl methyl sites for hydroxylation is 1. The maximum absolute atomic E-state index is 4.29. The fourth-order valence-corrected chi connectivity index (χ4v) is 2.54. The van der Waals surface area contributed by atoms with E-state index in [4.69, 9.17) is 0 Å². The van der Waals surface area contributed by atoms with Gasteiger partial charge in [0.2, 0.25) is 0 Å². The molecule has 0 radical (unpaired) electrons. The zero-order valence-electron chi connectivity index (χ0n) is 11.1. The molecular formula is C12H23N5. The SMILES string of the molecule is CNC(C)C1CCCN(Cc2ncnn2C)C1. The summed E-state index contributed by atoms with van der Waals surface area (Å²) in [5, 5.41) is 7.48. The van der Waals surface area contributed by atoms with E-state index in [1.54, 1.807) is 6.33 Å². The molecule has 0 saturated carbocycles. The first kappa shape index (κ1) is 12.5. The molecule has 0 aliphatic carbocycles. The van der Waals surface area contributed by atoms with Gasteiger partial charge in [0.1, 0.15) is 12.2 Å². The Morgan fingerprint density at radius 1 is 1.59 bits per heavy atom. The number of hydrogen-bond donors (Lipinski definition) is 1. The summed E-state index contributed by atoms with van der Waals surface area (Å²) in [6.45, 7) is 5.54. The number of piperidine rings is 1. The van der Waals surface area contributed by atoms with Crippen molar-refractivity contribution in [2.24, 2.45) is 13.0 Å². The van der Waals surface area contributed by atoms with Crippen LogP contribution in [-0.4, -0.2) is 45.8 Å². The maximum atomic E-state index is 4.29. The molecule has 2 rings (SSSR count). The van der Waals surface area contributed by atoms with Crippen LogP contribution in [0.15, 0.2) is 6.33 Å². The Labute approximate surface area is 103 Å². The summed E-state index contributed by atoms with van der Waals surface area (Å²) >= 11 is 0. The molecule has 2 heterocycles. The molecule has 1 saturated heterocycles. The van der Waals surface area contributed by atoms with E-state index in [2.05, 4.69) is 27.2 Å². The van der Waals surface area contributed by atoms with Crippen LogP contribution in [-0.2, 0) is 13.6 Å². The van der Waals surface area contributed by atoms with Gasteiger partial charge in [-0.1, -0.05) is 0 Å². The third-order valence-electron chi connectivity index (χ3n) is 3.87. The Morgan fingerprint density at radius 2 is 2.41 bits per heavy atom. The summed E-state index contributed by atoms with van der Waals surface area (Å²) in [6, 6.07) is 0.595. The first-order valence-electron chi connectivity index (χ1n) is 6.43. The smallest absolute Gasteiger partial charge is 0.140 e. The molecule has 0 bridgehead atoms. The predicted molar refractivity (Wildman–Crippen MR) is 67.5 cm³/mol. The highest BCUT2D eigenvalue weighted by molar-refractivity contribution is 4.87. The van der Waals surface area contributed by atoms with Crippen LogP contribution < -0.4 is 5.32 Å². The molecule has 2 unspecified atom stereocenters. The molecule has 96 valence electrons. The summed E-state index contributed by atoms with van der Waals surface area (Å²) < 4.78 is 1.87. The summed E-state index contributed by atoms with van der Waals surface area (Å²) in [5.41, 5.74) is 0. The lowest BCUT2D eigenvalue weighted by atomic mass is 9.92. The molecule has 1 fully saturated rings. The molecule has 0 amide bonds. The van der Waals surface area contributed by atoms with Gasteiger partial charge in [-0.2, -0.15) is 5.10 Å². The minimum absolute atomic E-state index is 0.595. The largest absolute Gasteiger partial charge is 0.317 e. The van der Waals surface area contributed by atoms with Gasteiger partial charge >= 0.3 is 0 Å². The van der Waals surface area contributed by atoms with Crippen LogP contribution in [0.25, 0.3) is 0 Å². The number of aromatic nitrogens is 3. The van der Waals surface area contributed by atoms with Gasteiger partial charge in [0.05, 0.1) is 6.54 Å². The standard InChI is InChI=1S/C12H23N5/c1-10(13-2)11-5-4-6-17(7-11)8-12-14-9-15-16(12)3/h9-11,13H,4-8H2,1-3H3. The van der Waals surface area contributed by atoms with E-state index in [0.29, 0.717) is 6.04 Å². The van der Waals surface area contributed by atoms with Crippen LogP contribution in [0.3, 0.4) is 0 Å². The number of nitrogens with one attached hydrogen (secondary N) is 1. The fourth-order valence-electron chi connectivity index (χ4n) is 2.54. The lowest BCUT2D eigenvalue weighted by molar-refractivity contribution is 0.142. The zero-order chi connectivity index (χ0) is 12.3. The minimum atomic E-state index is 0.595. The molecule has 2 atom stereocenters. The Bertz CT molecular complexity index is 348. The van der Waals surface area contributed by atoms with E-state index in [9.17, 15) is 0 Å². The topological polar surface area (TPSA) is 46.0 Å². The summed E-state index contributed by atoms with van der Waals surface area (Å²) in [6.07, 6.45) is 4.25. The molecule has 1 aliphatic rings. The molecule has 1 aromatic rings. The van der Waals surface area contributed by atoms with Crippen LogP contribution in [0, 0.1) is 5.92 Å². The Morgan fingerprint density at radius 3 is 3.06 bits per heavy atom. The average molecular weight is 237 g/mol. The van der Waals surface area contributed by atoms with E-state index in [0.717, 1.165) is 24.8 Å². The molecule has 0 spiro atoms. The average Bonchev–Trinajstić information content (AvgIpc) is 2.74. The van der Waals surface area contributed by atoms with Gasteiger partial charge in [0, 0.05) is 19.6 Å². The van der Waals surface area contributed by atoms with E-state index < -0.39 is 0 Å². The van der Waals surface area contributed by atoms with Gasteiger partial charge in [0.15, 0.2) is 0 Å². The number of likely N-dealkylation sites (tertiary alicyclic amines) is 1. The molecule has 1 N–H and O–H groups in total. The molecule has 0 aromatic carbocycles. The first-order valence-corrected chi connectivity index (χ1v) is 6.43. The van der Waals surface area contributed by atoms with Crippen molar-refractivity contribution in [2.45, 2.75) is 32.4 Å². The van der Waals surface area contributed by atoms with Crippen molar-refractivity contribution in [3.05, 3.63) is 12.2 Å². The van der Waals surface area contributed by atoms with Gasteiger partial charge < -0.3 is 5.32 Å². The Hall–Kier alpha value is -0.940. The highest BCUT2D eigenvalue weighted by Gasteiger charge is 2.24. The van der Waals surface area contributed by atoms with Gasteiger partial charge in [-0.25, -0.2) is 4.98 Å². The van der Waals surface area contributed by atoms with Crippen molar-refractivity contribution >= 4 is 0 Å². The van der Waals surface area contributed by atoms with Crippen LogP contribution >= 0.6 is 0 Å². The number of rotatable bonds is 4. The van der Waals surface area contributed by atoms with Crippen molar-refractivity contribution in [2.75, 3.05) is 20.1 Å². The van der Waals surface area contributed by atoms with Crippen molar-refractivity contribution in [1.82, 2.24) is 25.0 Å². The van der Waals surface area contributed by atoms with Crippen LogP contribution in [0.1, 0.15) is 25.6 Å². The van der Waals surface area contributed by atoms with E-state index in [1.165, 1.54) is 19.4 Å². The van der Waals surface area contributed by atoms with Gasteiger partial charge in [-0.3, -0.25) is 9.58 Å². The second kappa shape index (κ2) is 5.60. The second-order valence-electron chi connectivity index (χ2n) is 5.01. The van der Waals surface area contributed by atoms with Crippen molar-refractivity contribution in [1.29, 1.82) is 0 Å². The molecule has 5 nitrogen and oxygen atoms in total. The molecule has 1 aromatic heterocycles. The minimum Gasteiger partial charge on any atom is -0.317 e. The third kappa shape index (κ3) is 3.04. The quantitative estimate of drug-likeness (QED) is 0.834. The monoisotopic (exact) mass is 237 g/mol. The highest BCUT2D eigenvalue weighted by Crippen LogP contribution is 2.20. The van der Waals surface area contributed by atoms with Crippen molar-refractivity contribution < 1.29 is 0 Å². The zero-order valence-corrected chi connectivity index (χ0v) is 11.1. The second-order valence-corrected chi connectivity index (χ2v) is 5.01. The van der Waals surface area contributed by atoms with Crippen molar-refractivity contribution in [3.63, 3.8) is 0 Å². The maximum Gasteiger partial charge on any atom is 0.140 e. The molecule has 17 heavy (non-hydrogen) atoms.